The molecule has 1 aromatic rings. The monoisotopic (exact) mass is 373 g/mol. The van der Waals surface area contributed by atoms with Crippen LogP contribution >= 0.6 is 0 Å². The van der Waals surface area contributed by atoms with Crippen molar-refractivity contribution in [2.75, 3.05) is 12.9 Å². The number of para-hydroxylation sites is 1. The normalized spacial score (nSPS) is 12.3. The lowest BCUT2D eigenvalue weighted by molar-refractivity contribution is -0.139. The lowest BCUT2D eigenvalue weighted by Crippen LogP contribution is -2.42. The molecule has 0 aliphatic heterocycles. The van der Waals surface area contributed by atoms with Crippen molar-refractivity contribution in [2.45, 2.75) is 25.8 Å². The van der Waals surface area contributed by atoms with Crippen molar-refractivity contribution >= 4 is 27.8 Å². The molecule has 138 valence electrons. The second-order valence-electron chi connectivity index (χ2n) is 5.10. The van der Waals surface area contributed by atoms with Gasteiger partial charge in [-0.3, -0.25) is 14.1 Å². The molecule has 0 saturated carbocycles. The Hall–Kier alpha value is -2.46. The third-order valence-corrected chi connectivity index (χ3v) is 4.10. The van der Waals surface area contributed by atoms with Crippen LogP contribution < -0.4 is 10.1 Å². The van der Waals surface area contributed by atoms with Crippen LogP contribution in [-0.4, -0.2) is 54.6 Å². The molecule has 0 saturated heterocycles. The highest BCUT2D eigenvalue weighted by molar-refractivity contribution is 7.85. The number of methoxy groups -OCH3 is 1. The van der Waals surface area contributed by atoms with Crippen LogP contribution in [0.3, 0.4) is 0 Å². The Morgan fingerprint density at radius 3 is 2.32 bits per heavy atom. The maximum Gasteiger partial charge on any atom is 0.326 e. The average molecular weight is 373 g/mol. The zero-order valence-corrected chi connectivity index (χ0v) is 14.5. The van der Waals surface area contributed by atoms with Crippen molar-refractivity contribution in [1.82, 2.24) is 5.32 Å². The van der Waals surface area contributed by atoms with Crippen molar-refractivity contribution in [3.63, 3.8) is 0 Å². The number of carbonyl (C=O) groups excluding carboxylic acids is 2. The van der Waals surface area contributed by atoms with Gasteiger partial charge in [0.05, 0.1) is 24.0 Å². The minimum absolute atomic E-state index is 0.00534. The predicted octanol–water partition coefficient (Wildman–Crippen LogP) is 0.749. The molecule has 0 aliphatic carbocycles. The summed E-state index contributed by atoms with van der Waals surface area (Å²) in [6.07, 6.45) is -0.330. The van der Waals surface area contributed by atoms with Crippen LogP contribution in [0.25, 0.3) is 0 Å². The summed E-state index contributed by atoms with van der Waals surface area (Å²) in [5.74, 6) is -3.38. The molecule has 0 aromatic heterocycles. The molecule has 0 fully saturated rings. The molecular weight excluding hydrogens is 354 g/mol. The van der Waals surface area contributed by atoms with E-state index >= 15 is 0 Å². The molecule has 0 unspecified atom stereocenters. The van der Waals surface area contributed by atoms with Gasteiger partial charge in [0.15, 0.2) is 5.78 Å². The number of carbonyl (C=O) groups is 3. The van der Waals surface area contributed by atoms with Gasteiger partial charge in [-0.2, -0.15) is 8.42 Å². The van der Waals surface area contributed by atoms with E-state index in [1.54, 1.807) is 6.92 Å². The fourth-order valence-electron chi connectivity index (χ4n) is 2.11. The van der Waals surface area contributed by atoms with Gasteiger partial charge in [0, 0.05) is 6.42 Å². The highest BCUT2D eigenvalue weighted by Gasteiger charge is 2.25. The summed E-state index contributed by atoms with van der Waals surface area (Å²) in [6.45, 7) is 1.64. The third kappa shape index (κ3) is 5.84. The molecule has 0 spiro atoms. The molecule has 0 heterocycles. The van der Waals surface area contributed by atoms with E-state index in [0.717, 1.165) is 0 Å². The number of aliphatic carboxylic acids is 1. The summed E-state index contributed by atoms with van der Waals surface area (Å²) in [5, 5.41) is 11.3. The molecule has 0 radical (unpaired) electrons. The third-order valence-electron chi connectivity index (χ3n) is 3.35. The minimum Gasteiger partial charge on any atom is -0.495 e. The van der Waals surface area contributed by atoms with Crippen LogP contribution in [0.5, 0.6) is 5.75 Å². The second-order valence-corrected chi connectivity index (χ2v) is 6.67. The second kappa shape index (κ2) is 8.58. The van der Waals surface area contributed by atoms with E-state index in [4.69, 9.17) is 14.4 Å². The first kappa shape index (κ1) is 20.6. The zero-order chi connectivity index (χ0) is 19.2. The van der Waals surface area contributed by atoms with Gasteiger partial charge in [-0.1, -0.05) is 13.0 Å². The smallest absolute Gasteiger partial charge is 0.326 e. The summed E-state index contributed by atoms with van der Waals surface area (Å²) in [5.41, 5.74) is 0.127. The van der Waals surface area contributed by atoms with Crippen LogP contribution in [0.1, 0.15) is 40.5 Å². The molecule has 1 atom stereocenters. The van der Waals surface area contributed by atoms with E-state index < -0.39 is 40.2 Å². The van der Waals surface area contributed by atoms with Gasteiger partial charge < -0.3 is 15.2 Å². The van der Waals surface area contributed by atoms with Crippen molar-refractivity contribution in [3.8, 4) is 5.75 Å². The number of nitrogens with one attached hydrogen (secondary N) is 1. The minimum atomic E-state index is -4.37. The summed E-state index contributed by atoms with van der Waals surface area (Å²) >= 11 is 0. The number of carboxylic acid groups (broad SMARTS) is 1. The van der Waals surface area contributed by atoms with E-state index in [1.165, 1.54) is 25.3 Å². The fourth-order valence-corrected chi connectivity index (χ4v) is 2.64. The first-order chi connectivity index (χ1) is 11.6. The molecule has 1 rings (SSSR count). The highest BCUT2D eigenvalue weighted by Crippen LogP contribution is 2.25. The molecule has 0 aliphatic rings. The van der Waals surface area contributed by atoms with Crippen molar-refractivity contribution < 1.29 is 37.2 Å². The predicted molar refractivity (Wildman–Crippen MR) is 87.5 cm³/mol. The van der Waals surface area contributed by atoms with Crippen molar-refractivity contribution in [2.24, 2.45) is 0 Å². The van der Waals surface area contributed by atoms with Gasteiger partial charge >= 0.3 is 5.97 Å². The maximum absolute atomic E-state index is 12.3. The largest absolute Gasteiger partial charge is 0.495 e. The van der Waals surface area contributed by atoms with E-state index in [9.17, 15) is 22.8 Å². The molecular formula is C15H19NO8S. The molecule has 25 heavy (non-hydrogen) atoms. The van der Waals surface area contributed by atoms with Gasteiger partial charge in [0.25, 0.3) is 16.0 Å². The number of hydrogen-bond acceptors (Lipinski definition) is 6. The number of amides is 1. The average Bonchev–Trinajstić information content (AvgIpc) is 2.55. The lowest BCUT2D eigenvalue weighted by Gasteiger charge is -2.16. The molecule has 1 amide bonds. The number of hydrogen-bond donors (Lipinski definition) is 3. The van der Waals surface area contributed by atoms with E-state index in [-0.39, 0.29) is 29.1 Å². The zero-order valence-electron chi connectivity index (χ0n) is 13.7. The number of ketones is 1. The van der Waals surface area contributed by atoms with Crippen LogP contribution in [0.2, 0.25) is 0 Å². The summed E-state index contributed by atoms with van der Waals surface area (Å²) in [6, 6.07) is 2.75. The van der Waals surface area contributed by atoms with Gasteiger partial charge in [0.1, 0.15) is 11.8 Å². The number of carboxylic acids is 1. The Morgan fingerprint density at radius 1 is 1.24 bits per heavy atom. The Labute approximate surface area is 144 Å². The lowest BCUT2D eigenvalue weighted by atomic mass is 10.0. The topological polar surface area (TPSA) is 147 Å². The van der Waals surface area contributed by atoms with Crippen molar-refractivity contribution in [1.29, 1.82) is 0 Å². The molecule has 10 heteroatoms. The standard InChI is InChI=1S/C15H19NO8S/c1-3-12(17)9-5-4-6-10(13(9)24-2)14(18)16-11(15(19)20)7-8-25(21,22)23/h4-6,11H,3,7-8H2,1-2H3,(H,16,18)(H,19,20)(H,21,22,23)/t11-/m0/s1. The van der Waals surface area contributed by atoms with Crippen LogP contribution in [0.15, 0.2) is 18.2 Å². The quantitative estimate of drug-likeness (QED) is 0.424. The van der Waals surface area contributed by atoms with E-state index in [2.05, 4.69) is 5.32 Å². The summed E-state index contributed by atoms with van der Waals surface area (Å²) < 4.78 is 35.3. The van der Waals surface area contributed by atoms with Crippen LogP contribution in [0, 0.1) is 0 Å². The first-order valence-electron chi connectivity index (χ1n) is 7.29. The number of Topliss-reactive ketones (excluding diaryl/α,β-unsaturated/α-hetero) is 1. The molecule has 0 bridgehead atoms. The molecule has 3 N–H and O–H groups in total. The summed E-state index contributed by atoms with van der Waals surface area (Å²) in [4.78, 5) is 35.4. The molecule has 9 nitrogen and oxygen atoms in total. The fraction of sp³-hybridized carbons (Fsp3) is 0.400. The number of rotatable bonds is 9. The van der Waals surface area contributed by atoms with Gasteiger partial charge in [0.2, 0.25) is 0 Å². The van der Waals surface area contributed by atoms with Gasteiger partial charge in [-0.05, 0) is 18.6 Å². The summed E-state index contributed by atoms with van der Waals surface area (Å²) in [7, 11) is -3.10. The van der Waals surface area contributed by atoms with Crippen molar-refractivity contribution in [3.05, 3.63) is 29.3 Å². The first-order valence-corrected chi connectivity index (χ1v) is 8.90. The Kier molecular flexibility index (Phi) is 7.07. The maximum atomic E-state index is 12.3. The van der Waals surface area contributed by atoms with E-state index in [1.807, 2.05) is 0 Å². The van der Waals surface area contributed by atoms with Gasteiger partial charge in [-0.25, -0.2) is 4.79 Å². The Balaban J connectivity index is 3.09. The number of ether oxygens (including phenoxy) is 1. The van der Waals surface area contributed by atoms with Crippen LogP contribution in [-0.2, 0) is 14.9 Å². The highest BCUT2D eigenvalue weighted by atomic mass is 32.2. The van der Waals surface area contributed by atoms with Gasteiger partial charge in [-0.15, -0.1) is 0 Å². The Bertz CT molecular complexity index is 772. The Morgan fingerprint density at radius 2 is 1.84 bits per heavy atom. The van der Waals surface area contributed by atoms with E-state index in [0.29, 0.717) is 0 Å². The SMILES string of the molecule is CCC(=O)c1cccc(C(=O)N[C@@H](CCS(=O)(=O)O)C(=O)O)c1OC. The van der Waals surface area contributed by atoms with Crippen LogP contribution in [0.4, 0.5) is 0 Å². The molecule has 1 aromatic carbocycles. The number of benzene rings is 1.